The summed E-state index contributed by atoms with van der Waals surface area (Å²) in [5.74, 6) is 5.03. The molecule has 0 spiro atoms. The van der Waals surface area contributed by atoms with Crippen molar-refractivity contribution < 1.29 is 13.5 Å². The van der Waals surface area contributed by atoms with Crippen LogP contribution in [0.1, 0.15) is 91.4 Å². The molecule has 5 aliphatic carbocycles. The molecule has 0 radical (unpaired) electrons. The number of fused-ring (bicyclic) bond motifs is 9. The van der Waals surface area contributed by atoms with Crippen LogP contribution in [0.5, 0.6) is 0 Å². The number of hydrogen-bond donors (Lipinski definition) is 2. The molecule has 2 saturated heterocycles. The summed E-state index contributed by atoms with van der Waals surface area (Å²) in [6.45, 7) is 9.75. The fourth-order valence-electron chi connectivity index (χ4n) is 12.3. The molecular formula is C30H51N2O3PS. The zero-order valence-corrected chi connectivity index (χ0v) is 25.2. The van der Waals surface area contributed by atoms with Crippen LogP contribution in [-0.2, 0) is 9.46 Å². The lowest BCUT2D eigenvalue weighted by molar-refractivity contribution is -0.191. The summed E-state index contributed by atoms with van der Waals surface area (Å²) >= 11 is 0. The molecule has 7 heteroatoms. The van der Waals surface area contributed by atoms with Crippen molar-refractivity contribution in [2.75, 3.05) is 31.3 Å². The van der Waals surface area contributed by atoms with Gasteiger partial charge in [0.15, 0.2) is 9.46 Å². The monoisotopic (exact) mass is 550 g/mol. The Morgan fingerprint density at radius 2 is 1.70 bits per heavy atom. The maximum atomic E-state index is 12.2. The standard InChI is InChI=1S/C30H51N2O3PS/c1-20-23-8-12-29(3)24-9-14-30(31-15-16-32-19-36-17-21(32)18-37(36,34)35)11-4-5-25(30)22(24)6-7-27(29)28(23,2)13-10-26(20)33/h20-27,31,33H,4-19H2,1-3H3/t20?,21?,22?,23?,24?,25-,26?,27?,28?,29?,30?,36?/m1/s1. The second-order valence-electron chi connectivity index (χ2n) is 15.2. The van der Waals surface area contributed by atoms with Gasteiger partial charge < -0.3 is 10.4 Å². The second-order valence-corrected chi connectivity index (χ2v) is 21.5. The van der Waals surface area contributed by atoms with Crippen LogP contribution in [0.4, 0.5) is 0 Å². The van der Waals surface area contributed by atoms with Gasteiger partial charge in [-0.15, -0.1) is 0 Å². The Labute approximate surface area is 226 Å². The van der Waals surface area contributed by atoms with E-state index in [1.807, 2.05) is 0 Å². The Hall–Kier alpha value is 0.260. The van der Waals surface area contributed by atoms with Gasteiger partial charge in [-0.2, -0.15) is 0 Å². The molecule has 0 aromatic heterocycles. The molecule has 0 amide bonds. The van der Waals surface area contributed by atoms with Gasteiger partial charge in [-0.3, -0.25) is 4.90 Å². The highest BCUT2D eigenvalue weighted by Crippen LogP contribution is 2.70. The van der Waals surface area contributed by atoms with E-state index in [1.54, 1.807) is 0 Å². The lowest BCUT2D eigenvalue weighted by atomic mass is 9.38. The van der Waals surface area contributed by atoms with Gasteiger partial charge in [-0.1, -0.05) is 27.2 Å². The summed E-state index contributed by atoms with van der Waals surface area (Å²) in [6, 6.07) is 0.306. The van der Waals surface area contributed by atoms with Crippen molar-refractivity contribution in [1.29, 1.82) is 0 Å². The Kier molecular flexibility index (Phi) is 6.28. The summed E-state index contributed by atoms with van der Waals surface area (Å²) in [5.41, 5.74) is 1.24. The van der Waals surface area contributed by atoms with Crippen LogP contribution in [0.2, 0.25) is 0 Å². The molecule has 7 aliphatic rings. The Balaban J connectivity index is 1.05. The number of aliphatic hydroxyl groups is 1. The normalized spacial score (nSPS) is 56.4. The third kappa shape index (κ3) is 3.77. The molecule has 7 rings (SSSR count). The quantitative estimate of drug-likeness (QED) is 0.469. The molecule has 12 atom stereocenters. The summed E-state index contributed by atoms with van der Waals surface area (Å²) in [5, 5.41) is 14.8. The SMILES string of the molecule is CC1C(O)CCC2(C)C1CCC1(C)C3CCC4(NCCN5CP6CC5CS6(=O)=O)CCC[C@@H]4C3CCC21. The van der Waals surface area contributed by atoms with E-state index >= 15 is 0 Å². The maximum absolute atomic E-state index is 12.2. The molecule has 2 N–H and O–H groups in total. The van der Waals surface area contributed by atoms with E-state index in [4.69, 9.17) is 0 Å². The van der Waals surface area contributed by atoms with Crippen LogP contribution in [0.25, 0.3) is 0 Å². The lowest BCUT2D eigenvalue weighted by Gasteiger charge is -2.67. The number of hydrogen-bond acceptors (Lipinski definition) is 5. The second kappa shape index (κ2) is 8.88. The van der Waals surface area contributed by atoms with Gasteiger partial charge in [0.2, 0.25) is 0 Å². The fraction of sp³-hybridized carbons (Fsp3) is 1.00. The van der Waals surface area contributed by atoms with Crippen molar-refractivity contribution in [3.8, 4) is 0 Å². The van der Waals surface area contributed by atoms with Crippen LogP contribution in [0.3, 0.4) is 0 Å². The van der Waals surface area contributed by atoms with Crippen LogP contribution in [0, 0.1) is 46.3 Å². The van der Waals surface area contributed by atoms with Gasteiger partial charge in [0.1, 0.15) is 0 Å². The summed E-state index contributed by atoms with van der Waals surface area (Å²) in [4.78, 5) is 2.50. The van der Waals surface area contributed by atoms with Gasteiger partial charge in [-0.05, 0) is 117 Å². The minimum atomic E-state index is -2.74. The minimum Gasteiger partial charge on any atom is -0.393 e. The molecule has 2 heterocycles. The van der Waals surface area contributed by atoms with Gasteiger partial charge in [0, 0.05) is 38.1 Å². The predicted molar refractivity (Wildman–Crippen MR) is 151 cm³/mol. The van der Waals surface area contributed by atoms with Crippen molar-refractivity contribution in [3.05, 3.63) is 0 Å². The largest absolute Gasteiger partial charge is 0.393 e. The maximum Gasteiger partial charge on any atom is 0.169 e. The lowest BCUT2D eigenvalue weighted by Crippen LogP contribution is -2.64. The summed E-state index contributed by atoms with van der Waals surface area (Å²) < 4.78 is 24.4. The molecule has 210 valence electrons. The number of rotatable bonds is 4. The van der Waals surface area contributed by atoms with Crippen molar-refractivity contribution in [1.82, 2.24) is 10.2 Å². The van der Waals surface area contributed by atoms with E-state index in [2.05, 4.69) is 31.0 Å². The average molecular weight is 551 g/mol. The third-order valence-electron chi connectivity index (χ3n) is 14.0. The highest BCUT2D eigenvalue weighted by molar-refractivity contribution is 8.50. The third-order valence-corrected chi connectivity index (χ3v) is 20.7. The topological polar surface area (TPSA) is 69.6 Å². The zero-order valence-electron chi connectivity index (χ0n) is 23.5. The molecule has 11 unspecified atom stereocenters. The summed E-state index contributed by atoms with van der Waals surface area (Å²) in [7, 11) is -3.52. The zero-order chi connectivity index (χ0) is 25.8. The Bertz CT molecular complexity index is 1020. The predicted octanol–water partition coefficient (Wildman–Crippen LogP) is 5.23. The average Bonchev–Trinajstić information content (AvgIpc) is 3.54. The number of nitrogens with one attached hydrogen (secondary N) is 1. The number of aliphatic hydroxyl groups excluding tert-OH is 1. The Morgan fingerprint density at radius 3 is 2.46 bits per heavy atom. The highest BCUT2D eigenvalue weighted by Gasteiger charge is 2.64. The van der Waals surface area contributed by atoms with Gasteiger partial charge in [-0.25, -0.2) is 8.42 Å². The van der Waals surface area contributed by atoms with Gasteiger partial charge in [0.25, 0.3) is 0 Å². The van der Waals surface area contributed by atoms with E-state index in [9.17, 15) is 13.5 Å². The van der Waals surface area contributed by atoms with Crippen LogP contribution < -0.4 is 5.32 Å². The van der Waals surface area contributed by atoms with Crippen LogP contribution in [-0.4, -0.2) is 67.4 Å². The molecule has 37 heavy (non-hydrogen) atoms. The molecular weight excluding hydrogens is 499 g/mol. The molecule has 5 saturated carbocycles. The molecule has 2 aliphatic heterocycles. The van der Waals surface area contributed by atoms with E-state index in [0.717, 1.165) is 55.6 Å². The van der Waals surface area contributed by atoms with Crippen LogP contribution >= 0.6 is 7.12 Å². The van der Waals surface area contributed by atoms with E-state index in [0.29, 0.717) is 40.0 Å². The smallest absolute Gasteiger partial charge is 0.169 e. The highest BCUT2D eigenvalue weighted by atomic mass is 32.8. The molecule has 0 aromatic rings. The van der Waals surface area contributed by atoms with Crippen molar-refractivity contribution >= 4 is 16.6 Å². The molecule has 5 nitrogen and oxygen atoms in total. The van der Waals surface area contributed by atoms with Crippen molar-refractivity contribution in [3.63, 3.8) is 0 Å². The molecule has 2 bridgehead atoms. The van der Waals surface area contributed by atoms with E-state index < -0.39 is 16.6 Å². The first-order chi connectivity index (χ1) is 17.6. The first-order valence-electron chi connectivity index (χ1n) is 15.7. The van der Waals surface area contributed by atoms with Gasteiger partial charge >= 0.3 is 0 Å². The minimum absolute atomic E-state index is 0.0835. The van der Waals surface area contributed by atoms with Crippen molar-refractivity contribution in [2.45, 2.75) is 109 Å². The first-order valence-corrected chi connectivity index (χ1v) is 19.7. The number of nitrogens with zero attached hydrogens (tertiary/aromatic N) is 1. The van der Waals surface area contributed by atoms with E-state index in [1.165, 1.54) is 64.2 Å². The molecule has 0 aromatic carbocycles. The van der Waals surface area contributed by atoms with Crippen molar-refractivity contribution in [2.24, 2.45) is 46.3 Å². The van der Waals surface area contributed by atoms with Crippen LogP contribution in [0.15, 0.2) is 0 Å². The fourth-order valence-corrected chi connectivity index (χ4v) is 18.9. The van der Waals surface area contributed by atoms with E-state index in [-0.39, 0.29) is 6.10 Å². The summed E-state index contributed by atoms with van der Waals surface area (Å²) in [6.07, 6.45) is 16.4. The first kappa shape index (κ1) is 26.2. The molecule has 7 fully saturated rings. The van der Waals surface area contributed by atoms with Gasteiger partial charge in [0.05, 0.1) is 11.9 Å². The Morgan fingerprint density at radius 1 is 0.946 bits per heavy atom.